The highest BCUT2D eigenvalue weighted by Gasteiger charge is 2.05. The van der Waals surface area contributed by atoms with Crippen LogP contribution in [0.5, 0.6) is 0 Å². The number of aromatic nitrogens is 2. The van der Waals surface area contributed by atoms with E-state index in [0.717, 1.165) is 16.7 Å². The molecule has 1 N–H and O–H groups in total. The molecule has 0 saturated carbocycles. The molecule has 2 rings (SSSR count). The highest BCUT2D eigenvalue weighted by Crippen LogP contribution is 2.15. The van der Waals surface area contributed by atoms with E-state index >= 15 is 0 Å². The lowest BCUT2D eigenvalue weighted by molar-refractivity contribution is 0.935. The monoisotopic (exact) mass is 212 g/mol. The maximum atomic E-state index is 11.5. The van der Waals surface area contributed by atoms with Gasteiger partial charge >= 0.3 is 0 Å². The second kappa shape index (κ2) is 4.14. The predicted molar refractivity (Wildman–Crippen MR) is 65.4 cm³/mol. The van der Waals surface area contributed by atoms with Gasteiger partial charge < -0.3 is 0 Å². The number of nitrogens with one attached hydrogen (secondary N) is 1. The molecule has 1 aromatic carbocycles. The van der Waals surface area contributed by atoms with Gasteiger partial charge in [0.2, 0.25) is 0 Å². The Balaban J connectivity index is 2.63. The van der Waals surface area contributed by atoms with E-state index in [0.29, 0.717) is 11.8 Å². The van der Waals surface area contributed by atoms with Gasteiger partial charge in [-0.1, -0.05) is 37.4 Å². The first-order chi connectivity index (χ1) is 7.72. The molecule has 0 atom stereocenters. The van der Waals surface area contributed by atoms with Crippen LogP contribution in [0.1, 0.15) is 5.69 Å². The van der Waals surface area contributed by atoms with E-state index in [1.807, 2.05) is 18.2 Å². The molecule has 3 heteroatoms. The van der Waals surface area contributed by atoms with Gasteiger partial charge in [-0.2, -0.15) is 5.10 Å². The Kier molecular flexibility index (Phi) is 2.68. The average Bonchev–Trinajstić information content (AvgIpc) is 2.33. The minimum absolute atomic E-state index is 0.163. The van der Waals surface area contributed by atoms with E-state index in [-0.39, 0.29) is 5.56 Å². The Labute approximate surface area is 93.1 Å². The summed E-state index contributed by atoms with van der Waals surface area (Å²) in [7, 11) is 0. The summed E-state index contributed by atoms with van der Waals surface area (Å²) in [6.07, 6.45) is 2.29. The van der Waals surface area contributed by atoms with Crippen LogP contribution in [0.15, 0.2) is 53.9 Å². The van der Waals surface area contributed by atoms with Gasteiger partial charge in [0.25, 0.3) is 5.56 Å². The van der Waals surface area contributed by atoms with Crippen LogP contribution in [-0.4, -0.2) is 10.2 Å². The van der Waals surface area contributed by atoms with E-state index in [1.165, 1.54) is 0 Å². The lowest BCUT2D eigenvalue weighted by Gasteiger charge is -2.04. The number of benzene rings is 1. The van der Waals surface area contributed by atoms with Crippen molar-refractivity contribution < 1.29 is 0 Å². The molecule has 16 heavy (non-hydrogen) atoms. The predicted octanol–water partition coefficient (Wildman–Crippen LogP) is 2.21. The summed E-state index contributed by atoms with van der Waals surface area (Å²) in [5.41, 5.74) is 1.54. The van der Waals surface area contributed by atoms with Crippen molar-refractivity contribution in [3.8, 4) is 0 Å². The number of nitrogens with zero attached hydrogens (tertiary/aromatic N) is 1. The van der Waals surface area contributed by atoms with Crippen molar-refractivity contribution in [1.82, 2.24) is 10.2 Å². The lowest BCUT2D eigenvalue weighted by atomic mass is 10.1. The van der Waals surface area contributed by atoms with Gasteiger partial charge in [0, 0.05) is 11.8 Å². The number of allylic oxidation sites excluding steroid dienone is 2. The fourth-order valence-corrected chi connectivity index (χ4v) is 1.59. The SMILES string of the molecule is C=CC(=C)Cc1n[nH]c(=O)c2ccccc12. The smallest absolute Gasteiger partial charge is 0.267 e. The lowest BCUT2D eigenvalue weighted by Crippen LogP contribution is -2.11. The molecular formula is C13H12N2O. The van der Waals surface area contributed by atoms with Crippen molar-refractivity contribution in [2.24, 2.45) is 0 Å². The number of fused-ring (bicyclic) bond motifs is 1. The van der Waals surface area contributed by atoms with Crippen LogP contribution in [0.25, 0.3) is 10.8 Å². The van der Waals surface area contributed by atoms with Crippen LogP contribution in [0.3, 0.4) is 0 Å². The standard InChI is InChI=1S/C13H12N2O/c1-3-9(2)8-12-10-6-4-5-7-11(10)13(16)15-14-12/h3-7H,1-2,8H2,(H,15,16). The molecule has 0 saturated heterocycles. The van der Waals surface area contributed by atoms with Crippen molar-refractivity contribution in [1.29, 1.82) is 0 Å². The third-order valence-electron chi connectivity index (χ3n) is 2.46. The minimum atomic E-state index is -0.163. The molecule has 2 aromatic rings. The molecule has 0 spiro atoms. The Morgan fingerprint density at radius 2 is 2.06 bits per heavy atom. The molecule has 1 heterocycles. The van der Waals surface area contributed by atoms with E-state index in [4.69, 9.17) is 0 Å². The maximum Gasteiger partial charge on any atom is 0.272 e. The highest BCUT2D eigenvalue weighted by molar-refractivity contribution is 5.83. The van der Waals surface area contributed by atoms with Gasteiger partial charge in [0.15, 0.2) is 0 Å². The highest BCUT2D eigenvalue weighted by atomic mass is 16.1. The summed E-state index contributed by atoms with van der Waals surface area (Å²) < 4.78 is 0. The minimum Gasteiger partial charge on any atom is -0.267 e. The Morgan fingerprint density at radius 3 is 2.75 bits per heavy atom. The third kappa shape index (κ3) is 1.80. The normalized spacial score (nSPS) is 10.2. The quantitative estimate of drug-likeness (QED) is 0.793. The summed E-state index contributed by atoms with van der Waals surface area (Å²) in [5.74, 6) is 0. The molecule has 0 aliphatic carbocycles. The fraction of sp³-hybridized carbons (Fsp3) is 0.0769. The molecule has 0 amide bonds. The van der Waals surface area contributed by atoms with Crippen LogP contribution in [-0.2, 0) is 6.42 Å². The number of H-pyrrole nitrogens is 1. The summed E-state index contributed by atoms with van der Waals surface area (Å²) in [6, 6.07) is 7.41. The van der Waals surface area contributed by atoms with Gasteiger partial charge in [0.1, 0.15) is 0 Å². The summed E-state index contributed by atoms with van der Waals surface area (Å²) >= 11 is 0. The molecule has 0 radical (unpaired) electrons. The third-order valence-corrected chi connectivity index (χ3v) is 2.46. The first kappa shape index (κ1) is 10.4. The van der Waals surface area contributed by atoms with Crippen molar-refractivity contribution >= 4 is 10.8 Å². The second-order valence-electron chi connectivity index (χ2n) is 3.58. The topological polar surface area (TPSA) is 45.8 Å². The first-order valence-electron chi connectivity index (χ1n) is 4.99. The zero-order chi connectivity index (χ0) is 11.5. The van der Waals surface area contributed by atoms with Crippen LogP contribution in [0, 0.1) is 0 Å². The Bertz CT molecular complexity index is 611. The van der Waals surface area contributed by atoms with Gasteiger partial charge in [-0.15, -0.1) is 0 Å². The second-order valence-corrected chi connectivity index (χ2v) is 3.58. The van der Waals surface area contributed by atoms with Crippen molar-refractivity contribution in [2.45, 2.75) is 6.42 Å². The molecule has 0 unspecified atom stereocenters. The fourth-order valence-electron chi connectivity index (χ4n) is 1.59. The number of hydrogen-bond acceptors (Lipinski definition) is 2. The molecule has 1 aromatic heterocycles. The van der Waals surface area contributed by atoms with Crippen molar-refractivity contribution in [3.63, 3.8) is 0 Å². The summed E-state index contributed by atoms with van der Waals surface area (Å²) in [6.45, 7) is 7.50. The van der Waals surface area contributed by atoms with E-state index in [9.17, 15) is 4.79 Å². The summed E-state index contributed by atoms with van der Waals surface area (Å²) in [4.78, 5) is 11.5. The number of aromatic amines is 1. The van der Waals surface area contributed by atoms with E-state index in [1.54, 1.807) is 12.1 Å². The zero-order valence-electron chi connectivity index (χ0n) is 8.86. The van der Waals surface area contributed by atoms with Crippen molar-refractivity contribution in [2.75, 3.05) is 0 Å². The van der Waals surface area contributed by atoms with Gasteiger partial charge in [0.05, 0.1) is 11.1 Å². The van der Waals surface area contributed by atoms with Crippen molar-refractivity contribution in [3.05, 3.63) is 65.1 Å². The maximum absolute atomic E-state index is 11.5. The van der Waals surface area contributed by atoms with Crippen LogP contribution in [0.4, 0.5) is 0 Å². The number of rotatable bonds is 3. The molecular weight excluding hydrogens is 200 g/mol. The molecule has 3 nitrogen and oxygen atoms in total. The molecule has 0 aliphatic heterocycles. The average molecular weight is 212 g/mol. The van der Waals surface area contributed by atoms with Gasteiger partial charge in [-0.05, 0) is 11.6 Å². The van der Waals surface area contributed by atoms with E-state index in [2.05, 4.69) is 23.4 Å². The largest absolute Gasteiger partial charge is 0.272 e. The molecule has 0 aliphatic rings. The summed E-state index contributed by atoms with van der Waals surface area (Å²) in [5, 5.41) is 8.07. The van der Waals surface area contributed by atoms with Gasteiger partial charge in [-0.25, -0.2) is 5.10 Å². The first-order valence-corrected chi connectivity index (χ1v) is 4.99. The van der Waals surface area contributed by atoms with Crippen LogP contribution < -0.4 is 5.56 Å². The van der Waals surface area contributed by atoms with Crippen LogP contribution >= 0.6 is 0 Å². The van der Waals surface area contributed by atoms with Gasteiger partial charge in [-0.3, -0.25) is 4.79 Å². The number of hydrogen-bond donors (Lipinski definition) is 1. The Morgan fingerprint density at radius 1 is 1.38 bits per heavy atom. The molecule has 0 bridgehead atoms. The Hall–Kier alpha value is -2.16. The van der Waals surface area contributed by atoms with E-state index < -0.39 is 0 Å². The molecule has 80 valence electrons. The van der Waals surface area contributed by atoms with Crippen LogP contribution in [0.2, 0.25) is 0 Å². The molecule has 0 fully saturated rings. The zero-order valence-corrected chi connectivity index (χ0v) is 8.86.